The summed E-state index contributed by atoms with van der Waals surface area (Å²) < 4.78 is -0.542. The second-order valence-corrected chi connectivity index (χ2v) is 12.6. The number of hydrogen-bond donors (Lipinski definition) is 2. The van der Waals surface area contributed by atoms with E-state index < -0.39 is 52.0 Å². The molecule has 0 bridgehead atoms. The van der Waals surface area contributed by atoms with E-state index in [0.717, 1.165) is 30.6 Å². The molecule has 11 heteroatoms. The van der Waals surface area contributed by atoms with Crippen LogP contribution in [0.2, 0.25) is 0 Å². The monoisotopic (exact) mass is 510 g/mol. The highest BCUT2D eigenvalue weighted by molar-refractivity contribution is 8.00. The van der Waals surface area contributed by atoms with Crippen molar-refractivity contribution < 1.29 is 29.1 Å². The largest absolute Gasteiger partial charge is 0.481 e. The minimum atomic E-state index is -1.27. The number of aliphatic carboxylic acids is 1. The molecular formula is C24H38N4O6S. The number of urea groups is 1. The highest BCUT2D eigenvalue weighted by atomic mass is 32.2. The summed E-state index contributed by atoms with van der Waals surface area (Å²) in [6.45, 7) is 6.64. The molecule has 1 aliphatic carbocycles. The lowest BCUT2D eigenvalue weighted by Gasteiger charge is -2.35. The molecule has 35 heavy (non-hydrogen) atoms. The van der Waals surface area contributed by atoms with Crippen LogP contribution in [0.4, 0.5) is 4.79 Å². The maximum atomic E-state index is 14.0. The third-order valence-corrected chi connectivity index (χ3v) is 9.38. The predicted octanol–water partition coefficient (Wildman–Crippen LogP) is 1.98. The second kappa shape index (κ2) is 9.99. The number of amides is 5. The number of hydrogen-bond acceptors (Lipinski definition) is 6. The highest BCUT2D eigenvalue weighted by Crippen LogP contribution is 2.42. The Labute approximate surface area is 211 Å². The van der Waals surface area contributed by atoms with Gasteiger partial charge in [0.2, 0.25) is 11.8 Å². The molecule has 2 N–H and O–H groups in total. The summed E-state index contributed by atoms with van der Waals surface area (Å²) in [6, 6.07) is -1.31. The lowest BCUT2D eigenvalue weighted by Crippen LogP contribution is -2.55. The maximum absolute atomic E-state index is 14.0. The number of rotatable bonds is 8. The zero-order chi connectivity index (χ0) is 26.3. The Balaban J connectivity index is 1.96. The Bertz CT molecular complexity index is 900. The van der Waals surface area contributed by atoms with Crippen LogP contribution in [0.15, 0.2) is 0 Å². The highest BCUT2D eigenvalue weighted by Gasteiger charge is 2.54. The van der Waals surface area contributed by atoms with Gasteiger partial charge in [0.15, 0.2) is 0 Å². The van der Waals surface area contributed by atoms with Gasteiger partial charge in [-0.2, -0.15) is 0 Å². The fourth-order valence-corrected chi connectivity index (χ4v) is 6.66. The van der Waals surface area contributed by atoms with E-state index in [4.69, 9.17) is 0 Å². The van der Waals surface area contributed by atoms with E-state index in [1.54, 1.807) is 13.8 Å². The molecule has 0 spiro atoms. The molecule has 3 atom stereocenters. The number of carboxylic acids is 1. The number of imide groups is 1. The Hall–Kier alpha value is -2.30. The average Bonchev–Trinajstić information content (AvgIpc) is 3.45. The van der Waals surface area contributed by atoms with Crippen LogP contribution in [0.5, 0.6) is 0 Å². The van der Waals surface area contributed by atoms with Crippen molar-refractivity contribution in [2.75, 3.05) is 26.5 Å². The molecule has 10 nitrogen and oxygen atoms in total. The summed E-state index contributed by atoms with van der Waals surface area (Å²) in [5, 5.41) is 12.9. The van der Waals surface area contributed by atoms with Gasteiger partial charge in [0, 0.05) is 25.4 Å². The van der Waals surface area contributed by atoms with E-state index in [1.807, 2.05) is 13.8 Å². The van der Waals surface area contributed by atoms with Gasteiger partial charge in [-0.25, -0.2) is 4.79 Å². The SMILES string of the molecule is CNC(=O)[C@H]1N(C(=O)[C@H](CC2CCCC2)[C@@H](CN2C(=O)N(C)C(C)(C)C2=O)C(=O)O)CSC1(C)C. The Morgan fingerprint density at radius 1 is 1.11 bits per heavy atom. The first-order valence-electron chi connectivity index (χ1n) is 12.2. The third kappa shape index (κ3) is 5.01. The van der Waals surface area contributed by atoms with Crippen LogP contribution in [0.1, 0.15) is 59.8 Å². The molecule has 3 rings (SSSR count). The number of nitrogens with one attached hydrogen (secondary N) is 1. The summed E-state index contributed by atoms with van der Waals surface area (Å²) >= 11 is 1.47. The van der Waals surface area contributed by atoms with Crippen LogP contribution < -0.4 is 5.32 Å². The van der Waals surface area contributed by atoms with E-state index >= 15 is 0 Å². The summed E-state index contributed by atoms with van der Waals surface area (Å²) in [5.74, 6) is -4.16. The number of thioether (sulfide) groups is 1. The van der Waals surface area contributed by atoms with Gasteiger partial charge < -0.3 is 20.2 Å². The van der Waals surface area contributed by atoms with Crippen molar-refractivity contribution in [3.63, 3.8) is 0 Å². The van der Waals surface area contributed by atoms with E-state index in [1.165, 1.54) is 35.7 Å². The van der Waals surface area contributed by atoms with Gasteiger partial charge in [-0.3, -0.25) is 24.1 Å². The van der Waals surface area contributed by atoms with Crippen LogP contribution in [0, 0.1) is 17.8 Å². The molecule has 3 aliphatic rings. The van der Waals surface area contributed by atoms with E-state index in [2.05, 4.69) is 5.32 Å². The Kier molecular flexibility index (Phi) is 7.79. The number of carbonyl (C=O) groups excluding carboxylic acids is 4. The lowest BCUT2D eigenvalue weighted by molar-refractivity contribution is -0.154. The zero-order valence-electron chi connectivity index (χ0n) is 21.5. The second-order valence-electron chi connectivity index (χ2n) is 11.0. The molecule has 0 aromatic heterocycles. The van der Waals surface area contributed by atoms with Crippen LogP contribution in [0.25, 0.3) is 0 Å². The van der Waals surface area contributed by atoms with Gasteiger partial charge in [0.1, 0.15) is 11.6 Å². The van der Waals surface area contributed by atoms with Crippen molar-refractivity contribution in [3.8, 4) is 0 Å². The third-order valence-electron chi connectivity index (χ3n) is 8.01. The van der Waals surface area contributed by atoms with Gasteiger partial charge >= 0.3 is 12.0 Å². The minimum Gasteiger partial charge on any atom is -0.481 e. The van der Waals surface area contributed by atoms with E-state index in [-0.39, 0.29) is 24.2 Å². The quantitative estimate of drug-likeness (QED) is 0.478. The summed E-state index contributed by atoms with van der Waals surface area (Å²) in [6.07, 6.45) is 4.23. The molecule has 2 heterocycles. The molecule has 3 fully saturated rings. The van der Waals surface area contributed by atoms with Crippen molar-refractivity contribution >= 4 is 41.5 Å². The molecule has 196 valence electrons. The molecule has 5 amide bonds. The topological polar surface area (TPSA) is 127 Å². The standard InChI is InChI=1S/C24H38N4O6S/c1-23(2)21(33)27(22(34)26(23)6)12-16(20(31)32)15(11-14-9-7-8-10-14)19(30)28-13-35-24(3,4)17(28)18(29)25-5/h14-17H,7-13H2,1-6H3,(H,25,29)(H,31,32)/t15-,16-,17-/m1/s1. The molecule has 0 radical (unpaired) electrons. The first-order valence-corrected chi connectivity index (χ1v) is 13.2. The van der Waals surface area contributed by atoms with Crippen molar-refractivity contribution in [1.82, 2.24) is 20.0 Å². The maximum Gasteiger partial charge on any atom is 0.327 e. The molecule has 0 aromatic carbocycles. The van der Waals surface area contributed by atoms with Crippen molar-refractivity contribution in [2.24, 2.45) is 17.8 Å². The van der Waals surface area contributed by atoms with Gasteiger partial charge in [-0.15, -0.1) is 11.8 Å². The molecule has 0 unspecified atom stereocenters. The predicted molar refractivity (Wildman–Crippen MR) is 131 cm³/mol. The molecule has 0 aromatic rings. The Morgan fingerprint density at radius 2 is 1.71 bits per heavy atom. The van der Waals surface area contributed by atoms with Crippen LogP contribution >= 0.6 is 11.8 Å². The van der Waals surface area contributed by atoms with Crippen molar-refractivity contribution in [1.29, 1.82) is 0 Å². The number of nitrogens with zero attached hydrogens (tertiary/aromatic N) is 3. The van der Waals surface area contributed by atoms with E-state index in [9.17, 15) is 29.1 Å². The molecule has 1 saturated carbocycles. The smallest absolute Gasteiger partial charge is 0.327 e. The summed E-state index contributed by atoms with van der Waals surface area (Å²) in [7, 11) is 3.03. The first kappa shape index (κ1) is 27.3. The number of carboxylic acid groups (broad SMARTS) is 1. The molecular weight excluding hydrogens is 472 g/mol. The minimum absolute atomic E-state index is 0.191. The number of likely N-dealkylation sites (N-methyl/N-ethyl adjacent to an activating group) is 2. The molecule has 2 aliphatic heterocycles. The van der Waals surface area contributed by atoms with Crippen LogP contribution in [-0.4, -0.2) is 92.4 Å². The van der Waals surface area contributed by atoms with Gasteiger partial charge in [0.25, 0.3) is 5.91 Å². The first-order chi connectivity index (χ1) is 16.2. The van der Waals surface area contributed by atoms with Gasteiger partial charge in [-0.05, 0) is 40.0 Å². The zero-order valence-corrected chi connectivity index (χ0v) is 22.3. The fourth-order valence-electron chi connectivity index (χ4n) is 5.52. The summed E-state index contributed by atoms with van der Waals surface area (Å²) in [5.41, 5.74) is -1.09. The number of carbonyl (C=O) groups is 5. The van der Waals surface area contributed by atoms with Gasteiger partial charge in [-0.1, -0.05) is 25.7 Å². The fraction of sp³-hybridized carbons (Fsp3) is 0.792. The summed E-state index contributed by atoms with van der Waals surface area (Å²) in [4.78, 5) is 68.9. The molecule has 2 saturated heterocycles. The lowest BCUT2D eigenvalue weighted by atomic mass is 9.81. The van der Waals surface area contributed by atoms with Crippen LogP contribution in [-0.2, 0) is 19.2 Å². The van der Waals surface area contributed by atoms with E-state index in [0.29, 0.717) is 6.42 Å². The Morgan fingerprint density at radius 3 is 2.20 bits per heavy atom. The average molecular weight is 511 g/mol. The normalized spacial score (nSPS) is 25.8. The van der Waals surface area contributed by atoms with Gasteiger partial charge in [0.05, 0.1) is 17.7 Å². The van der Waals surface area contributed by atoms with Crippen molar-refractivity contribution in [2.45, 2.75) is 76.1 Å². The van der Waals surface area contributed by atoms with Crippen LogP contribution in [0.3, 0.4) is 0 Å². The van der Waals surface area contributed by atoms with Crippen molar-refractivity contribution in [3.05, 3.63) is 0 Å².